The highest BCUT2D eigenvalue weighted by atomic mass is 79.9. The predicted octanol–water partition coefficient (Wildman–Crippen LogP) is 2.21. The van der Waals surface area contributed by atoms with Crippen LogP contribution in [0.3, 0.4) is 0 Å². The van der Waals surface area contributed by atoms with Crippen LogP contribution < -0.4 is 4.72 Å². The summed E-state index contributed by atoms with van der Waals surface area (Å²) in [6, 6.07) is 6.05. The van der Waals surface area contributed by atoms with Crippen molar-refractivity contribution >= 4 is 26.0 Å². The van der Waals surface area contributed by atoms with Crippen molar-refractivity contribution in [2.45, 2.75) is 17.9 Å². The minimum Gasteiger partial charge on any atom is -0.347 e. The molecule has 1 aromatic carbocycles. The predicted molar refractivity (Wildman–Crippen MR) is 71.5 cm³/mol. The minimum absolute atomic E-state index is 0.226. The first kappa shape index (κ1) is 13.3. The molecule has 2 aromatic rings. The van der Waals surface area contributed by atoms with Gasteiger partial charge in [-0.2, -0.15) is 0 Å². The van der Waals surface area contributed by atoms with E-state index < -0.39 is 16.1 Å². The zero-order chi connectivity index (χ0) is 13.2. The van der Waals surface area contributed by atoms with Crippen molar-refractivity contribution < 1.29 is 8.42 Å². The third-order valence-corrected chi connectivity index (χ3v) is 4.47. The first-order valence-corrected chi connectivity index (χ1v) is 7.54. The molecule has 0 amide bonds. The number of aromatic amines is 1. The number of halogens is 1. The van der Waals surface area contributed by atoms with Crippen LogP contribution >= 0.6 is 15.9 Å². The number of hydrogen-bond donors (Lipinski definition) is 2. The highest BCUT2D eigenvalue weighted by Gasteiger charge is 2.19. The summed E-state index contributed by atoms with van der Waals surface area (Å²) in [6.07, 6.45) is 3.24. The zero-order valence-corrected chi connectivity index (χ0v) is 12.0. The van der Waals surface area contributed by atoms with Crippen LogP contribution in [0.25, 0.3) is 0 Å². The second-order valence-corrected chi connectivity index (χ2v) is 6.40. The van der Waals surface area contributed by atoms with Crippen molar-refractivity contribution in [3.05, 3.63) is 47.0 Å². The van der Waals surface area contributed by atoms with Gasteiger partial charge in [0.1, 0.15) is 5.82 Å². The van der Waals surface area contributed by atoms with Gasteiger partial charge in [-0.15, -0.1) is 0 Å². The van der Waals surface area contributed by atoms with Crippen LogP contribution in [0.15, 0.2) is 46.0 Å². The zero-order valence-electron chi connectivity index (χ0n) is 9.59. The summed E-state index contributed by atoms with van der Waals surface area (Å²) in [5, 5.41) is 0. The van der Waals surface area contributed by atoms with Gasteiger partial charge < -0.3 is 4.98 Å². The maximum Gasteiger partial charge on any atom is 0.241 e. The van der Waals surface area contributed by atoms with E-state index in [4.69, 9.17) is 0 Å². The Morgan fingerprint density at radius 3 is 2.56 bits per heavy atom. The normalized spacial score (nSPS) is 13.4. The molecule has 0 saturated carbocycles. The number of benzene rings is 1. The molecule has 0 radical (unpaired) electrons. The molecule has 0 aliphatic carbocycles. The third kappa shape index (κ3) is 2.98. The van der Waals surface area contributed by atoms with E-state index in [-0.39, 0.29) is 4.90 Å². The molecular formula is C11H12BrN3O2S. The fraction of sp³-hybridized carbons (Fsp3) is 0.182. The van der Waals surface area contributed by atoms with Crippen LogP contribution in [-0.2, 0) is 10.0 Å². The molecule has 0 aliphatic rings. The number of nitrogens with one attached hydrogen (secondary N) is 2. The summed E-state index contributed by atoms with van der Waals surface area (Å²) in [4.78, 5) is 7.12. The van der Waals surface area contributed by atoms with Crippen molar-refractivity contribution in [2.75, 3.05) is 0 Å². The van der Waals surface area contributed by atoms with Crippen LogP contribution in [0.4, 0.5) is 0 Å². The molecule has 2 rings (SSSR count). The van der Waals surface area contributed by atoms with E-state index in [1.807, 2.05) is 0 Å². The van der Waals surface area contributed by atoms with Crippen LogP contribution in [-0.4, -0.2) is 18.4 Å². The Balaban J connectivity index is 2.20. The molecule has 1 heterocycles. The Kier molecular flexibility index (Phi) is 3.84. The number of hydrogen-bond acceptors (Lipinski definition) is 3. The molecular weight excluding hydrogens is 318 g/mol. The summed E-state index contributed by atoms with van der Waals surface area (Å²) in [6.45, 7) is 1.73. The van der Waals surface area contributed by atoms with Gasteiger partial charge >= 0.3 is 0 Å². The Morgan fingerprint density at radius 2 is 2.00 bits per heavy atom. The molecule has 1 atom stereocenters. The first-order chi connectivity index (χ1) is 8.49. The van der Waals surface area contributed by atoms with E-state index in [2.05, 4.69) is 30.6 Å². The molecule has 1 aromatic heterocycles. The Labute approximate surface area is 114 Å². The van der Waals surface area contributed by atoms with Crippen LogP contribution in [0.1, 0.15) is 18.8 Å². The Bertz CT molecular complexity index is 608. The first-order valence-electron chi connectivity index (χ1n) is 5.26. The van der Waals surface area contributed by atoms with E-state index in [1.54, 1.807) is 43.6 Å². The average molecular weight is 330 g/mol. The smallest absolute Gasteiger partial charge is 0.241 e. The lowest BCUT2D eigenvalue weighted by Crippen LogP contribution is -2.27. The summed E-state index contributed by atoms with van der Waals surface area (Å²) >= 11 is 3.26. The molecule has 0 bridgehead atoms. The minimum atomic E-state index is -3.53. The molecule has 0 aliphatic heterocycles. The highest BCUT2D eigenvalue weighted by Crippen LogP contribution is 2.17. The molecule has 0 spiro atoms. The maximum atomic E-state index is 12.1. The monoisotopic (exact) mass is 329 g/mol. The van der Waals surface area contributed by atoms with Gasteiger partial charge in [0.05, 0.1) is 10.9 Å². The van der Waals surface area contributed by atoms with Crippen LogP contribution in [0.2, 0.25) is 0 Å². The lowest BCUT2D eigenvalue weighted by Gasteiger charge is -2.12. The van der Waals surface area contributed by atoms with Gasteiger partial charge in [0.15, 0.2) is 0 Å². The summed E-state index contributed by atoms with van der Waals surface area (Å²) < 4.78 is 27.6. The molecule has 96 valence electrons. The fourth-order valence-corrected chi connectivity index (χ4v) is 2.96. The van der Waals surface area contributed by atoms with E-state index in [9.17, 15) is 8.42 Å². The van der Waals surface area contributed by atoms with E-state index >= 15 is 0 Å². The number of nitrogens with zero attached hydrogens (tertiary/aromatic N) is 1. The molecule has 1 unspecified atom stereocenters. The van der Waals surface area contributed by atoms with Crippen molar-refractivity contribution in [2.24, 2.45) is 0 Å². The average Bonchev–Trinajstić information content (AvgIpc) is 2.82. The summed E-state index contributed by atoms with van der Waals surface area (Å²) in [5.41, 5.74) is 0. The lowest BCUT2D eigenvalue weighted by molar-refractivity contribution is 0.561. The second kappa shape index (κ2) is 5.21. The van der Waals surface area contributed by atoms with Crippen molar-refractivity contribution in [1.29, 1.82) is 0 Å². The molecule has 7 heteroatoms. The van der Waals surface area contributed by atoms with E-state index in [1.165, 1.54) is 0 Å². The second-order valence-electron chi connectivity index (χ2n) is 3.77. The van der Waals surface area contributed by atoms with Gasteiger partial charge in [0, 0.05) is 16.9 Å². The molecule has 0 fully saturated rings. The van der Waals surface area contributed by atoms with Gasteiger partial charge in [-0.3, -0.25) is 0 Å². The molecule has 0 saturated heterocycles. The van der Waals surface area contributed by atoms with Gasteiger partial charge in [-0.1, -0.05) is 15.9 Å². The van der Waals surface area contributed by atoms with Gasteiger partial charge in [-0.05, 0) is 31.2 Å². The van der Waals surface area contributed by atoms with Gasteiger partial charge in [0.25, 0.3) is 0 Å². The van der Waals surface area contributed by atoms with E-state index in [0.29, 0.717) is 5.82 Å². The van der Waals surface area contributed by atoms with Gasteiger partial charge in [0.2, 0.25) is 10.0 Å². The van der Waals surface area contributed by atoms with E-state index in [0.717, 1.165) is 4.47 Å². The van der Waals surface area contributed by atoms with Gasteiger partial charge in [-0.25, -0.2) is 18.1 Å². The molecule has 18 heavy (non-hydrogen) atoms. The van der Waals surface area contributed by atoms with Crippen LogP contribution in [0, 0.1) is 0 Å². The molecule has 2 N–H and O–H groups in total. The van der Waals surface area contributed by atoms with Crippen LogP contribution in [0.5, 0.6) is 0 Å². The summed E-state index contributed by atoms with van der Waals surface area (Å²) in [7, 11) is -3.53. The molecule has 5 nitrogen and oxygen atoms in total. The standard InChI is InChI=1S/C11H12BrN3O2S/c1-8(11-13-6-7-14-11)15-18(16,17)10-4-2-9(12)3-5-10/h2-8,15H,1H3,(H,13,14). The van der Waals surface area contributed by atoms with Crippen molar-refractivity contribution in [3.8, 4) is 0 Å². The fourth-order valence-electron chi connectivity index (χ4n) is 1.48. The largest absolute Gasteiger partial charge is 0.347 e. The third-order valence-electron chi connectivity index (χ3n) is 2.39. The SMILES string of the molecule is CC(NS(=O)(=O)c1ccc(Br)cc1)c1ncc[nH]1. The highest BCUT2D eigenvalue weighted by molar-refractivity contribution is 9.10. The summed E-state index contributed by atoms with van der Waals surface area (Å²) in [5.74, 6) is 0.579. The lowest BCUT2D eigenvalue weighted by atomic mass is 10.3. The van der Waals surface area contributed by atoms with Crippen molar-refractivity contribution in [3.63, 3.8) is 0 Å². The number of H-pyrrole nitrogens is 1. The number of sulfonamides is 1. The number of aromatic nitrogens is 2. The Hall–Kier alpha value is -1.18. The topological polar surface area (TPSA) is 74.8 Å². The van der Waals surface area contributed by atoms with Crippen molar-refractivity contribution in [1.82, 2.24) is 14.7 Å². The Morgan fingerprint density at radius 1 is 1.33 bits per heavy atom. The maximum absolute atomic E-state index is 12.1. The number of imidazole rings is 1. The number of rotatable bonds is 4. The quantitative estimate of drug-likeness (QED) is 0.903.